The molecule has 0 aliphatic carbocycles. The summed E-state index contributed by atoms with van der Waals surface area (Å²) >= 11 is 0. The van der Waals surface area contributed by atoms with Crippen LogP contribution in [0.4, 0.5) is 0 Å². The molecule has 1 atom stereocenters. The van der Waals surface area contributed by atoms with Crippen molar-refractivity contribution in [1.29, 1.82) is 0 Å². The van der Waals surface area contributed by atoms with E-state index in [1.54, 1.807) is 14.0 Å². The minimum atomic E-state index is -0.647. The summed E-state index contributed by atoms with van der Waals surface area (Å²) in [6, 6.07) is 5.69. The topological polar surface area (TPSA) is 93.4 Å². The second kappa shape index (κ2) is 6.56. The van der Waals surface area contributed by atoms with Crippen LogP contribution in [-0.2, 0) is 16.9 Å². The highest BCUT2D eigenvalue weighted by Gasteiger charge is 2.45. The van der Waals surface area contributed by atoms with Crippen LogP contribution in [0.2, 0.25) is 0 Å². The van der Waals surface area contributed by atoms with Gasteiger partial charge in [0.1, 0.15) is 5.54 Å². The number of ether oxygens (including phenoxy) is 1. The fourth-order valence-corrected chi connectivity index (χ4v) is 3.07. The summed E-state index contributed by atoms with van der Waals surface area (Å²) in [6.07, 6.45) is 0.707. The van der Waals surface area contributed by atoms with Crippen LogP contribution >= 0.6 is 0 Å². The number of aryl methyl sites for hydroxylation is 1. The number of pyridine rings is 1. The largest absolute Gasteiger partial charge is 0.481 e. The Hall–Kier alpha value is -2.48. The van der Waals surface area contributed by atoms with Gasteiger partial charge in [-0.05, 0) is 19.4 Å². The fraction of sp³-hybridized carbons (Fsp3) is 0.500. The van der Waals surface area contributed by atoms with Crippen LogP contribution in [0.25, 0.3) is 0 Å². The van der Waals surface area contributed by atoms with E-state index in [1.807, 2.05) is 18.2 Å². The Morgan fingerprint density at radius 3 is 2.96 bits per heavy atom. The van der Waals surface area contributed by atoms with E-state index in [0.717, 1.165) is 12.2 Å². The third kappa shape index (κ3) is 3.38. The van der Waals surface area contributed by atoms with Crippen molar-refractivity contribution < 1.29 is 14.1 Å². The molecule has 8 nitrogen and oxygen atoms in total. The van der Waals surface area contributed by atoms with Gasteiger partial charge in [-0.3, -0.25) is 9.69 Å². The van der Waals surface area contributed by atoms with E-state index >= 15 is 0 Å². The van der Waals surface area contributed by atoms with Gasteiger partial charge in [-0.2, -0.15) is 4.98 Å². The summed E-state index contributed by atoms with van der Waals surface area (Å²) in [6.45, 7) is 5.30. The number of likely N-dealkylation sites (tertiary alicyclic amines) is 1. The molecule has 2 aromatic rings. The predicted molar refractivity (Wildman–Crippen MR) is 85.2 cm³/mol. The van der Waals surface area contributed by atoms with E-state index in [-0.39, 0.29) is 5.91 Å². The SMILES string of the molecule is COc1cccc(CN2CCC(NC(C)=O)(c3nc(C)no3)C2)n1. The molecule has 3 rings (SSSR count). The Bertz CT molecular complexity index is 732. The summed E-state index contributed by atoms with van der Waals surface area (Å²) in [5.41, 5.74) is 0.265. The maximum absolute atomic E-state index is 11.7. The van der Waals surface area contributed by atoms with Gasteiger partial charge in [-0.15, -0.1) is 0 Å². The first kappa shape index (κ1) is 16.4. The van der Waals surface area contributed by atoms with Crippen LogP contribution in [0.15, 0.2) is 22.7 Å². The molecule has 1 aliphatic heterocycles. The summed E-state index contributed by atoms with van der Waals surface area (Å²) in [5, 5.41) is 6.86. The highest BCUT2D eigenvalue weighted by molar-refractivity contribution is 5.74. The highest BCUT2D eigenvalue weighted by Crippen LogP contribution is 2.32. The maximum Gasteiger partial charge on any atom is 0.253 e. The average molecular weight is 331 g/mol. The summed E-state index contributed by atoms with van der Waals surface area (Å²) in [5.74, 6) is 1.48. The number of carbonyl (C=O) groups excluding carboxylic acids is 1. The van der Waals surface area contributed by atoms with Crippen molar-refractivity contribution in [2.75, 3.05) is 20.2 Å². The molecule has 3 heterocycles. The van der Waals surface area contributed by atoms with Crippen molar-refractivity contribution in [2.45, 2.75) is 32.4 Å². The number of hydrogen-bond donors (Lipinski definition) is 1. The number of nitrogens with zero attached hydrogens (tertiary/aromatic N) is 4. The molecular weight excluding hydrogens is 310 g/mol. The third-order valence-corrected chi connectivity index (χ3v) is 4.08. The average Bonchev–Trinajstić information content (AvgIpc) is 3.15. The zero-order valence-corrected chi connectivity index (χ0v) is 14.1. The van der Waals surface area contributed by atoms with E-state index in [9.17, 15) is 4.79 Å². The minimum absolute atomic E-state index is 0.118. The molecule has 1 aliphatic rings. The molecule has 1 amide bonds. The van der Waals surface area contributed by atoms with Gasteiger partial charge in [0, 0.05) is 32.6 Å². The maximum atomic E-state index is 11.7. The molecule has 24 heavy (non-hydrogen) atoms. The van der Waals surface area contributed by atoms with Crippen LogP contribution in [0.5, 0.6) is 5.88 Å². The first-order chi connectivity index (χ1) is 11.5. The quantitative estimate of drug-likeness (QED) is 0.874. The molecular formula is C16H21N5O3. The molecule has 0 spiro atoms. The Balaban J connectivity index is 1.78. The zero-order chi connectivity index (χ0) is 17.2. The number of rotatable bonds is 5. The van der Waals surface area contributed by atoms with Crippen LogP contribution in [-0.4, -0.2) is 46.1 Å². The molecule has 8 heteroatoms. The van der Waals surface area contributed by atoms with Crippen molar-refractivity contribution >= 4 is 5.91 Å². The van der Waals surface area contributed by atoms with Crippen molar-refractivity contribution in [3.8, 4) is 5.88 Å². The minimum Gasteiger partial charge on any atom is -0.481 e. The van der Waals surface area contributed by atoms with E-state index in [2.05, 4.69) is 25.3 Å². The van der Waals surface area contributed by atoms with Gasteiger partial charge in [0.05, 0.1) is 12.8 Å². The van der Waals surface area contributed by atoms with E-state index in [1.165, 1.54) is 6.92 Å². The van der Waals surface area contributed by atoms with Crippen molar-refractivity contribution in [1.82, 2.24) is 25.3 Å². The van der Waals surface area contributed by atoms with Gasteiger partial charge in [0.25, 0.3) is 5.89 Å². The van der Waals surface area contributed by atoms with E-state index < -0.39 is 5.54 Å². The Morgan fingerprint density at radius 2 is 2.29 bits per heavy atom. The lowest BCUT2D eigenvalue weighted by molar-refractivity contribution is -0.121. The molecule has 1 saturated heterocycles. The Morgan fingerprint density at radius 1 is 1.46 bits per heavy atom. The second-order valence-corrected chi connectivity index (χ2v) is 6.04. The monoisotopic (exact) mass is 331 g/mol. The molecule has 1 N–H and O–H groups in total. The number of methoxy groups -OCH3 is 1. The van der Waals surface area contributed by atoms with Crippen molar-refractivity contribution in [3.05, 3.63) is 35.6 Å². The zero-order valence-electron chi connectivity index (χ0n) is 14.1. The molecule has 0 saturated carbocycles. The summed E-state index contributed by atoms with van der Waals surface area (Å²) < 4.78 is 10.5. The molecule has 0 aromatic carbocycles. The Kier molecular flexibility index (Phi) is 4.48. The lowest BCUT2D eigenvalue weighted by Gasteiger charge is -2.26. The molecule has 2 aromatic heterocycles. The summed E-state index contributed by atoms with van der Waals surface area (Å²) in [4.78, 5) is 22.7. The van der Waals surface area contributed by atoms with Crippen molar-refractivity contribution in [3.63, 3.8) is 0 Å². The van der Waals surface area contributed by atoms with Gasteiger partial charge >= 0.3 is 0 Å². The normalized spacial score (nSPS) is 21.0. The summed E-state index contributed by atoms with van der Waals surface area (Å²) in [7, 11) is 1.60. The standard InChI is InChI=1S/C16H21N5O3/c1-11-17-15(24-20-11)16(19-12(2)22)7-8-21(10-16)9-13-5-4-6-14(18-13)23-3/h4-6H,7-10H2,1-3H3,(H,19,22). The Labute approximate surface area is 140 Å². The third-order valence-electron chi connectivity index (χ3n) is 4.08. The van der Waals surface area contributed by atoms with Gasteiger partial charge in [-0.1, -0.05) is 11.2 Å². The van der Waals surface area contributed by atoms with Crippen LogP contribution in [0.3, 0.4) is 0 Å². The highest BCUT2D eigenvalue weighted by atomic mass is 16.5. The molecule has 0 bridgehead atoms. The van der Waals surface area contributed by atoms with E-state index in [4.69, 9.17) is 9.26 Å². The first-order valence-corrected chi connectivity index (χ1v) is 7.82. The number of aromatic nitrogens is 3. The number of carbonyl (C=O) groups is 1. The number of amides is 1. The number of nitrogens with one attached hydrogen (secondary N) is 1. The first-order valence-electron chi connectivity index (χ1n) is 7.82. The predicted octanol–water partition coefficient (Wildman–Crippen LogP) is 1.02. The van der Waals surface area contributed by atoms with Gasteiger partial charge < -0.3 is 14.6 Å². The van der Waals surface area contributed by atoms with Gasteiger partial charge in [0.2, 0.25) is 11.8 Å². The number of hydrogen-bond acceptors (Lipinski definition) is 7. The van der Waals surface area contributed by atoms with Gasteiger partial charge in [0.15, 0.2) is 5.82 Å². The lowest BCUT2D eigenvalue weighted by Crippen LogP contribution is -2.47. The van der Waals surface area contributed by atoms with Crippen molar-refractivity contribution in [2.24, 2.45) is 0 Å². The van der Waals surface area contributed by atoms with Gasteiger partial charge in [-0.25, -0.2) is 4.98 Å². The van der Waals surface area contributed by atoms with Crippen LogP contribution in [0, 0.1) is 6.92 Å². The molecule has 1 unspecified atom stereocenters. The second-order valence-electron chi connectivity index (χ2n) is 6.04. The molecule has 128 valence electrons. The lowest BCUT2D eigenvalue weighted by atomic mass is 9.98. The smallest absolute Gasteiger partial charge is 0.253 e. The van der Waals surface area contributed by atoms with E-state index in [0.29, 0.717) is 37.1 Å². The fourth-order valence-electron chi connectivity index (χ4n) is 3.07. The van der Waals surface area contributed by atoms with Crippen LogP contribution < -0.4 is 10.1 Å². The molecule has 0 radical (unpaired) electrons. The molecule has 1 fully saturated rings. The van der Waals surface area contributed by atoms with Crippen LogP contribution in [0.1, 0.15) is 30.8 Å².